The molecular formula is C15H14N2O4. The summed E-state index contributed by atoms with van der Waals surface area (Å²) in [6, 6.07) is 8.99. The van der Waals surface area contributed by atoms with Gasteiger partial charge in [0.2, 0.25) is 0 Å². The Labute approximate surface area is 120 Å². The summed E-state index contributed by atoms with van der Waals surface area (Å²) in [5, 5.41) is 15.4. The third kappa shape index (κ3) is 2.94. The summed E-state index contributed by atoms with van der Waals surface area (Å²) in [5.41, 5.74) is 0.614. The Morgan fingerprint density at radius 2 is 2.00 bits per heavy atom. The molecule has 0 unspecified atom stereocenters. The molecular weight excluding hydrogens is 272 g/mol. The van der Waals surface area contributed by atoms with Crippen LogP contribution >= 0.6 is 0 Å². The highest BCUT2D eigenvalue weighted by Gasteiger charge is 2.30. The Balaban J connectivity index is 1.75. The number of rotatable bonds is 5. The van der Waals surface area contributed by atoms with Crippen LogP contribution < -0.4 is 5.32 Å². The molecule has 1 heterocycles. The maximum Gasteiger partial charge on any atom is 0.330 e. The molecule has 1 atom stereocenters. The minimum atomic E-state index is -1.12. The Morgan fingerprint density at radius 1 is 1.29 bits per heavy atom. The van der Waals surface area contributed by atoms with E-state index >= 15 is 0 Å². The molecule has 1 aliphatic rings. The molecule has 2 N–H and O–H groups in total. The second kappa shape index (κ2) is 5.40. The van der Waals surface area contributed by atoms with Crippen molar-refractivity contribution in [1.29, 1.82) is 0 Å². The molecule has 3 rings (SSSR count). The largest absolute Gasteiger partial charge is 0.479 e. The number of amides is 1. The van der Waals surface area contributed by atoms with Gasteiger partial charge in [0.15, 0.2) is 11.7 Å². The predicted molar refractivity (Wildman–Crippen MR) is 72.8 cm³/mol. The summed E-state index contributed by atoms with van der Waals surface area (Å²) in [5.74, 6) is -0.641. The standard InChI is InChI=1S/C15H14N2O4/c18-14(11-8-12(21-17-11)9-6-7-9)16-13(15(19)20)10-4-2-1-3-5-10/h1-5,8-9,13H,6-7H2,(H,16,18)(H,19,20)/t13-/m0/s1. The van der Waals surface area contributed by atoms with Gasteiger partial charge in [0, 0.05) is 12.0 Å². The molecule has 1 amide bonds. The average molecular weight is 286 g/mol. The lowest BCUT2D eigenvalue weighted by Crippen LogP contribution is -2.33. The Hall–Kier alpha value is -2.63. The normalized spacial score (nSPS) is 15.4. The molecule has 1 aliphatic carbocycles. The van der Waals surface area contributed by atoms with Crippen molar-refractivity contribution in [2.24, 2.45) is 0 Å². The van der Waals surface area contributed by atoms with Crippen LogP contribution in [0, 0.1) is 0 Å². The van der Waals surface area contributed by atoms with Crippen molar-refractivity contribution >= 4 is 11.9 Å². The molecule has 1 saturated carbocycles. The van der Waals surface area contributed by atoms with E-state index in [2.05, 4.69) is 10.5 Å². The molecule has 0 saturated heterocycles. The molecule has 1 fully saturated rings. The highest BCUT2D eigenvalue weighted by atomic mass is 16.5. The van der Waals surface area contributed by atoms with Crippen molar-refractivity contribution in [3.05, 3.63) is 53.4 Å². The van der Waals surface area contributed by atoms with Crippen LogP contribution in [0.25, 0.3) is 0 Å². The second-order valence-corrected chi connectivity index (χ2v) is 5.04. The summed E-state index contributed by atoms with van der Waals surface area (Å²) >= 11 is 0. The predicted octanol–water partition coefficient (Wildman–Crippen LogP) is 2.11. The lowest BCUT2D eigenvalue weighted by molar-refractivity contribution is -0.139. The zero-order chi connectivity index (χ0) is 14.8. The fourth-order valence-electron chi connectivity index (χ4n) is 2.09. The molecule has 6 nitrogen and oxygen atoms in total. The highest BCUT2D eigenvalue weighted by Crippen LogP contribution is 2.40. The van der Waals surface area contributed by atoms with E-state index in [0.29, 0.717) is 17.2 Å². The van der Waals surface area contributed by atoms with Crippen LogP contribution in [-0.4, -0.2) is 22.1 Å². The van der Waals surface area contributed by atoms with Crippen LogP contribution in [0.4, 0.5) is 0 Å². The van der Waals surface area contributed by atoms with E-state index in [4.69, 9.17) is 4.52 Å². The molecule has 2 aromatic rings. The molecule has 21 heavy (non-hydrogen) atoms. The van der Waals surface area contributed by atoms with Gasteiger partial charge in [-0.1, -0.05) is 35.5 Å². The third-order valence-corrected chi connectivity index (χ3v) is 3.40. The van der Waals surface area contributed by atoms with Gasteiger partial charge in [-0.15, -0.1) is 0 Å². The van der Waals surface area contributed by atoms with Crippen molar-refractivity contribution in [2.75, 3.05) is 0 Å². The maximum absolute atomic E-state index is 12.1. The van der Waals surface area contributed by atoms with Gasteiger partial charge < -0.3 is 14.9 Å². The van der Waals surface area contributed by atoms with E-state index in [-0.39, 0.29) is 5.69 Å². The Morgan fingerprint density at radius 3 is 2.62 bits per heavy atom. The van der Waals surface area contributed by atoms with E-state index in [1.54, 1.807) is 36.4 Å². The van der Waals surface area contributed by atoms with Crippen molar-refractivity contribution in [2.45, 2.75) is 24.8 Å². The van der Waals surface area contributed by atoms with Gasteiger partial charge in [-0.2, -0.15) is 0 Å². The number of aliphatic carboxylic acids is 1. The average Bonchev–Trinajstić information content (AvgIpc) is 3.22. The molecule has 108 valence electrons. The molecule has 1 aromatic heterocycles. The van der Waals surface area contributed by atoms with Crippen LogP contribution in [0.15, 0.2) is 40.9 Å². The number of carbonyl (C=O) groups is 2. The van der Waals surface area contributed by atoms with E-state index in [1.165, 1.54) is 0 Å². The first-order valence-electron chi connectivity index (χ1n) is 6.70. The molecule has 0 spiro atoms. The van der Waals surface area contributed by atoms with E-state index in [1.807, 2.05) is 0 Å². The van der Waals surface area contributed by atoms with E-state index in [9.17, 15) is 14.7 Å². The first-order valence-corrected chi connectivity index (χ1v) is 6.70. The first kappa shape index (κ1) is 13.4. The number of aromatic nitrogens is 1. The SMILES string of the molecule is O=C(N[C@H](C(=O)O)c1ccccc1)c1cc(C2CC2)on1. The summed E-state index contributed by atoms with van der Waals surface area (Å²) < 4.78 is 5.10. The van der Waals surface area contributed by atoms with Crippen molar-refractivity contribution in [3.63, 3.8) is 0 Å². The van der Waals surface area contributed by atoms with Gasteiger partial charge >= 0.3 is 5.97 Å². The van der Waals surface area contributed by atoms with Crippen LogP contribution in [0.2, 0.25) is 0 Å². The molecule has 0 radical (unpaired) electrons. The fraction of sp³-hybridized carbons (Fsp3) is 0.267. The minimum Gasteiger partial charge on any atom is -0.479 e. The zero-order valence-corrected chi connectivity index (χ0v) is 11.2. The van der Waals surface area contributed by atoms with Crippen LogP contribution in [0.5, 0.6) is 0 Å². The van der Waals surface area contributed by atoms with Gasteiger partial charge in [0.1, 0.15) is 5.76 Å². The van der Waals surface area contributed by atoms with Crippen LogP contribution in [0.3, 0.4) is 0 Å². The minimum absolute atomic E-state index is 0.110. The van der Waals surface area contributed by atoms with Gasteiger partial charge in [0.25, 0.3) is 5.91 Å². The Bertz CT molecular complexity index is 661. The van der Waals surface area contributed by atoms with Gasteiger partial charge in [-0.25, -0.2) is 4.79 Å². The highest BCUT2D eigenvalue weighted by molar-refractivity contribution is 5.95. The zero-order valence-electron chi connectivity index (χ0n) is 11.2. The summed E-state index contributed by atoms with van der Waals surface area (Å²) in [6.45, 7) is 0. The second-order valence-electron chi connectivity index (χ2n) is 5.04. The van der Waals surface area contributed by atoms with Crippen LogP contribution in [0.1, 0.15) is 46.6 Å². The summed E-state index contributed by atoms with van der Waals surface area (Å²) in [7, 11) is 0. The lowest BCUT2D eigenvalue weighted by atomic mass is 10.1. The van der Waals surface area contributed by atoms with E-state index < -0.39 is 17.9 Å². The fourth-order valence-corrected chi connectivity index (χ4v) is 2.09. The van der Waals surface area contributed by atoms with Crippen LogP contribution in [-0.2, 0) is 4.79 Å². The number of nitrogens with zero attached hydrogens (tertiary/aromatic N) is 1. The quantitative estimate of drug-likeness (QED) is 0.878. The van der Waals surface area contributed by atoms with Gasteiger partial charge in [-0.05, 0) is 18.4 Å². The summed E-state index contributed by atoms with van der Waals surface area (Å²) in [4.78, 5) is 23.4. The molecule has 1 aromatic carbocycles. The number of carboxylic acid groups (broad SMARTS) is 1. The lowest BCUT2D eigenvalue weighted by Gasteiger charge is -2.13. The topological polar surface area (TPSA) is 92.4 Å². The van der Waals surface area contributed by atoms with E-state index in [0.717, 1.165) is 12.8 Å². The molecule has 6 heteroatoms. The first-order chi connectivity index (χ1) is 10.1. The number of benzene rings is 1. The van der Waals surface area contributed by atoms with Crippen molar-refractivity contribution < 1.29 is 19.2 Å². The Kier molecular flexibility index (Phi) is 3.43. The third-order valence-electron chi connectivity index (χ3n) is 3.40. The number of nitrogens with one attached hydrogen (secondary N) is 1. The van der Waals surface area contributed by atoms with Crippen molar-refractivity contribution in [3.8, 4) is 0 Å². The smallest absolute Gasteiger partial charge is 0.330 e. The molecule has 0 aliphatic heterocycles. The number of hydrogen-bond acceptors (Lipinski definition) is 4. The number of carboxylic acids is 1. The number of carbonyl (C=O) groups excluding carboxylic acids is 1. The monoisotopic (exact) mass is 286 g/mol. The van der Waals surface area contributed by atoms with Crippen molar-refractivity contribution in [1.82, 2.24) is 10.5 Å². The molecule has 0 bridgehead atoms. The van der Waals surface area contributed by atoms with Gasteiger partial charge in [0.05, 0.1) is 0 Å². The maximum atomic E-state index is 12.1. The summed E-state index contributed by atoms with van der Waals surface area (Å²) in [6.07, 6.45) is 2.08. The van der Waals surface area contributed by atoms with Gasteiger partial charge in [-0.3, -0.25) is 4.79 Å². The number of hydrogen-bond donors (Lipinski definition) is 2.